The second kappa shape index (κ2) is 8.78. The predicted octanol–water partition coefficient (Wildman–Crippen LogP) is 3.53. The Labute approximate surface area is 171 Å². The molecule has 0 radical (unpaired) electrons. The van der Waals surface area contributed by atoms with Crippen LogP contribution in [0.15, 0.2) is 58.9 Å². The summed E-state index contributed by atoms with van der Waals surface area (Å²) >= 11 is 6.75. The van der Waals surface area contributed by atoms with E-state index in [1.54, 1.807) is 24.3 Å². The summed E-state index contributed by atoms with van der Waals surface area (Å²) in [7, 11) is -3.83. The van der Waals surface area contributed by atoms with Gasteiger partial charge in [0.15, 0.2) is 0 Å². The molecule has 1 amide bonds. The second-order valence-electron chi connectivity index (χ2n) is 5.97. The number of hydrogen-bond donors (Lipinski definition) is 2. The quantitative estimate of drug-likeness (QED) is 0.552. The summed E-state index contributed by atoms with van der Waals surface area (Å²) in [6, 6.07) is 16.1. The van der Waals surface area contributed by atoms with Gasteiger partial charge in [-0.15, -0.1) is 10.2 Å². The summed E-state index contributed by atoms with van der Waals surface area (Å²) in [4.78, 5) is 12.2. The number of rotatable bonds is 7. The molecule has 0 aliphatic rings. The van der Waals surface area contributed by atoms with Gasteiger partial charge in [0.05, 0.1) is 10.6 Å². The molecule has 0 saturated carbocycles. The molecule has 146 valence electrons. The highest BCUT2D eigenvalue weighted by Gasteiger charge is 2.22. The number of aromatic nitrogens is 2. The minimum absolute atomic E-state index is 0.0108. The van der Waals surface area contributed by atoms with Crippen molar-refractivity contribution in [2.75, 3.05) is 11.9 Å². The second-order valence-corrected chi connectivity index (χ2v) is 9.30. The van der Waals surface area contributed by atoms with Crippen LogP contribution in [-0.2, 0) is 10.0 Å². The Hall–Kier alpha value is -2.33. The molecule has 3 rings (SSSR count). The zero-order chi connectivity index (χ0) is 20.1. The van der Waals surface area contributed by atoms with E-state index < -0.39 is 15.9 Å². The summed E-state index contributed by atoms with van der Waals surface area (Å²) in [5, 5.41) is 10.3. The first-order valence-electron chi connectivity index (χ1n) is 8.31. The zero-order valence-electron chi connectivity index (χ0n) is 14.8. The van der Waals surface area contributed by atoms with Crippen molar-refractivity contribution in [3.8, 4) is 0 Å². The maximum Gasteiger partial charge on any atom is 0.269 e. The van der Waals surface area contributed by atoms with E-state index in [0.29, 0.717) is 0 Å². The molecule has 0 fully saturated rings. The van der Waals surface area contributed by atoms with E-state index in [-0.39, 0.29) is 32.5 Å². The van der Waals surface area contributed by atoms with Crippen LogP contribution in [0.5, 0.6) is 0 Å². The van der Waals surface area contributed by atoms with Crippen LogP contribution in [-0.4, -0.2) is 31.1 Å². The highest BCUT2D eigenvalue weighted by atomic mass is 35.5. The van der Waals surface area contributed by atoms with Crippen LogP contribution in [0.2, 0.25) is 5.02 Å². The fourth-order valence-corrected chi connectivity index (χ4v) is 4.66. The maximum atomic E-state index is 12.5. The van der Waals surface area contributed by atoms with Crippen LogP contribution in [0.3, 0.4) is 0 Å². The Bertz CT molecular complexity index is 1070. The number of benzene rings is 2. The molecule has 0 spiro atoms. The first-order chi connectivity index (χ1) is 13.4. The minimum Gasteiger partial charge on any atom is -0.296 e. The number of halogens is 1. The Morgan fingerprint density at radius 1 is 1.11 bits per heavy atom. The predicted molar refractivity (Wildman–Crippen MR) is 109 cm³/mol. The standard InChI is InChI=1S/C18H17ClN4O3S2/c1-12(13-7-3-2-4-8-13)11-20-28(25,26)18-23-22-17(27-18)21-16(24)14-9-5-6-10-15(14)19/h2-10,12,20H,11H2,1H3,(H,21,22,24)/t12-/m0/s1. The Morgan fingerprint density at radius 3 is 2.50 bits per heavy atom. The SMILES string of the molecule is C[C@@H](CNS(=O)(=O)c1nnc(NC(=O)c2ccccc2Cl)s1)c1ccccc1. The number of sulfonamides is 1. The van der Waals surface area contributed by atoms with Crippen LogP contribution in [0.1, 0.15) is 28.8 Å². The monoisotopic (exact) mass is 436 g/mol. The lowest BCUT2D eigenvalue weighted by Crippen LogP contribution is -2.27. The van der Waals surface area contributed by atoms with Gasteiger partial charge in [0.25, 0.3) is 15.9 Å². The summed E-state index contributed by atoms with van der Waals surface area (Å²) in [5.41, 5.74) is 1.29. The molecular formula is C18H17ClN4O3S2. The molecule has 10 heteroatoms. The van der Waals surface area contributed by atoms with Crippen molar-refractivity contribution in [3.63, 3.8) is 0 Å². The van der Waals surface area contributed by atoms with Crippen LogP contribution >= 0.6 is 22.9 Å². The van der Waals surface area contributed by atoms with Gasteiger partial charge >= 0.3 is 0 Å². The smallest absolute Gasteiger partial charge is 0.269 e. The molecule has 1 aromatic heterocycles. The van der Waals surface area contributed by atoms with Gasteiger partial charge in [0.1, 0.15) is 0 Å². The lowest BCUT2D eigenvalue weighted by Gasteiger charge is -2.12. The van der Waals surface area contributed by atoms with E-state index in [1.807, 2.05) is 37.3 Å². The number of amides is 1. The van der Waals surface area contributed by atoms with E-state index in [4.69, 9.17) is 11.6 Å². The number of anilines is 1. The van der Waals surface area contributed by atoms with Gasteiger partial charge in [-0.05, 0) is 23.6 Å². The Morgan fingerprint density at radius 2 is 1.79 bits per heavy atom. The van der Waals surface area contributed by atoms with Gasteiger partial charge < -0.3 is 0 Å². The molecule has 0 saturated heterocycles. The molecule has 0 unspecified atom stereocenters. The molecule has 28 heavy (non-hydrogen) atoms. The highest BCUT2D eigenvalue weighted by Crippen LogP contribution is 2.23. The third-order valence-corrected chi connectivity index (χ3v) is 6.88. The van der Waals surface area contributed by atoms with Crippen LogP contribution in [0.25, 0.3) is 0 Å². The van der Waals surface area contributed by atoms with E-state index in [0.717, 1.165) is 16.9 Å². The summed E-state index contributed by atoms with van der Waals surface area (Å²) in [6.07, 6.45) is 0. The van der Waals surface area contributed by atoms with Gasteiger partial charge in [-0.25, -0.2) is 13.1 Å². The third kappa shape index (κ3) is 4.93. The number of hydrogen-bond acceptors (Lipinski definition) is 6. The van der Waals surface area contributed by atoms with Crippen LogP contribution in [0.4, 0.5) is 5.13 Å². The minimum atomic E-state index is -3.83. The number of carbonyl (C=O) groups is 1. The number of nitrogens with zero attached hydrogens (tertiary/aromatic N) is 2. The topological polar surface area (TPSA) is 101 Å². The van der Waals surface area contributed by atoms with E-state index in [9.17, 15) is 13.2 Å². The third-order valence-electron chi connectivity index (χ3n) is 3.92. The van der Waals surface area contributed by atoms with Crippen molar-refractivity contribution in [1.29, 1.82) is 0 Å². The van der Waals surface area contributed by atoms with Gasteiger partial charge in [0, 0.05) is 6.54 Å². The molecule has 2 N–H and O–H groups in total. The van der Waals surface area contributed by atoms with Gasteiger partial charge in [0.2, 0.25) is 9.47 Å². The molecule has 3 aromatic rings. The zero-order valence-corrected chi connectivity index (χ0v) is 17.2. The lowest BCUT2D eigenvalue weighted by atomic mass is 10.0. The molecule has 1 heterocycles. The molecule has 0 bridgehead atoms. The van der Waals surface area contributed by atoms with Crippen LogP contribution in [0, 0.1) is 0 Å². The largest absolute Gasteiger partial charge is 0.296 e. The first kappa shape index (κ1) is 20.4. The summed E-state index contributed by atoms with van der Waals surface area (Å²) in [6.45, 7) is 2.14. The highest BCUT2D eigenvalue weighted by molar-refractivity contribution is 7.91. The molecule has 7 nitrogen and oxygen atoms in total. The van der Waals surface area contributed by atoms with Crippen LogP contribution < -0.4 is 10.0 Å². The van der Waals surface area contributed by atoms with Crippen molar-refractivity contribution in [2.24, 2.45) is 0 Å². The summed E-state index contributed by atoms with van der Waals surface area (Å²) < 4.78 is 27.2. The number of carbonyl (C=O) groups excluding carboxylic acids is 1. The van der Waals surface area contributed by atoms with Gasteiger partial charge in [-0.2, -0.15) is 0 Å². The van der Waals surface area contributed by atoms with Gasteiger partial charge in [-0.3, -0.25) is 10.1 Å². The Balaban J connectivity index is 1.65. The normalized spacial score (nSPS) is 12.5. The molecule has 1 atom stereocenters. The Kier molecular flexibility index (Phi) is 6.40. The van der Waals surface area contributed by atoms with Crippen molar-refractivity contribution in [3.05, 3.63) is 70.7 Å². The van der Waals surface area contributed by atoms with Crippen molar-refractivity contribution in [1.82, 2.24) is 14.9 Å². The molecule has 0 aliphatic carbocycles. The van der Waals surface area contributed by atoms with Crippen molar-refractivity contribution >= 4 is 44.0 Å². The molecule has 2 aromatic carbocycles. The van der Waals surface area contributed by atoms with E-state index >= 15 is 0 Å². The maximum absolute atomic E-state index is 12.5. The number of nitrogens with one attached hydrogen (secondary N) is 2. The first-order valence-corrected chi connectivity index (χ1v) is 11.0. The average Bonchev–Trinajstić information content (AvgIpc) is 3.16. The lowest BCUT2D eigenvalue weighted by molar-refractivity contribution is 0.102. The van der Waals surface area contributed by atoms with E-state index in [2.05, 4.69) is 20.2 Å². The molecule has 0 aliphatic heterocycles. The van der Waals surface area contributed by atoms with Crippen molar-refractivity contribution < 1.29 is 13.2 Å². The van der Waals surface area contributed by atoms with E-state index in [1.165, 1.54) is 0 Å². The van der Waals surface area contributed by atoms with Gasteiger partial charge in [-0.1, -0.05) is 72.3 Å². The molecular weight excluding hydrogens is 420 g/mol. The van der Waals surface area contributed by atoms with Crippen molar-refractivity contribution in [2.45, 2.75) is 17.2 Å². The summed E-state index contributed by atoms with van der Waals surface area (Å²) in [5.74, 6) is -0.500. The fourth-order valence-electron chi connectivity index (χ4n) is 2.37. The average molecular weight is 437 g/mol. The fraction of sp³-hybridized carbons (Fsp3) is 0.167.